The molecular formula is C11H16N2OS. The molecule has 0 aliphatic carbocycles. The van der Waals surface area contributed by atoms with Gasteiger partial charge >= 0.3 is 0 Å². The van der Waals surface area contributed by atoms with Gasteiger partial charge in [-0.15, -0.1) is 11.3 Å². The van der Waals surface area contributed by atoms with Crippen molar-refractivity contribution in [2.24, 2.45) is 0 Å². The summed E-state index contributed by atoms with van der Waals surface area (Å²) in [6.07, 6.45) is 0. The molecule has 1 aromatic rings. The Kier molecular flexibility index (Phi) is 3.07. The minimum Gasteiger partial charge on any atom is -0.333 e. The summed E-state index contributed by atoms with van der Waals surface area (Å²) < 4.78 is 0. The summed E-state index contributed by atoms with van der Waals surface area (Å²) in [6, 6.07) is 2.30. The van der Waals surface area contributed by atoms with E-state index in [1.807, 2.05) is 23.3 Å². The van der Waals surface area contributed by atoms with Gasteiger partial charge in [0.15, 0.2) is 0 Å². The Morgan fingerprint density at radius 1 is 1.67 bits per heavy atom. The summed E-state index contributed by atoms with van der Waals surface area (Å²) in [5.41, 5.74) is 1.09. The first-order valence-electron chi connectivity index (χ1n) is 5.26. The molecule has 1 unspecified atom stereocenters. The molecule has 15 heavy (non-hydrogen) atoms. The van der Waals surface area contributed by atoms with Gasteiger partial charge in [0.05, 0.1) is 4.88 Å². The summed E-state index contributed by atoms with van der Waals surface area (Å²) in [4.78, 5) is 15.1. The number of carbonyl (C=O) groups excluding carboxylic acids is 1. The molecule has 2 heterocycles. The van der Waals surface area contributed by atoms with Crippen molar-refractivity contribution in [3.63, 3.8) is 0 Å². The van der Waals surface area contributed by atoms with Gasteiger partial charge in [0.2, 0.25) is 0 Å². The second-order valence-corrected chi connectivity index (χ2v) is 4.90. The average Bonchev–Trinajstić information content (AvgIpc) is 2.64. The van der Waals surface area contributed by atoms with Crippen LogP contribution >= 0.6 is 11.3 Å². The zero-order valence-corrected chi connectivity index (χ0v) is 9.93. The number of thiophene rings is 1. The van der Waals surface area contributed by atoms with Crippen molar-refractivity contribution < 1.29 is 4.79 Å². The monoisotopic (exact) mass is 224 g/mol. The van der Waals surface area contributed by atoms with Gasteiger partial charge in [-0.1, -0.05) is 0 Å². The first kappa shape index (κ1) is 10.6. The molecule has 0 bridgehead atoms. The molecule has 1 atom stereocenters. The minimum absolute atomic E-state index is 0.191. The van der Waals surface area contributed by atoms with Crippen LogP contribution in [0.4, 0.5) is 0 Å². The van der Waals surface area contributed by atoms with Crippen LogP contribution in [0.3, 0.4) is 0 Å². The molecule has 1 aliphatic heterocycles. The van der Waals surface area contributed by atoms with Crippen molar-refractivity contribution >= 4 is 17.2 Å². The summed E-state index contributed by atoms with van der Waals surface area (Å²) >= 11 is 1.54. The lowest BCUT2D eigenvalue weighted by atomic mass is 10.2. The highest BCUT2D eigenvalue weighted by atomic mass is 32.1. The molecular weight excluding hydrogens is 208 g/mol. The number of carbonyl (C=O) groups is 1. The lowest BCUT2D eigenvalue weighted by Crippen LogP contribution is -2.52. The normalized spacial score (nSPS) is 21.7. The van der Waals surface area contributed by atoms with Gasteiger partial charge in [0.25, 0.3) is 5.91 Å². The average molecular weight is 224 g/mol. The summed E-state index contributed by atoms with van der Waals surface area (Å²) in [5, 5.41) is 5.27. The van der Waals surface area contributed by atoms with E-state index in [1.54, 1.807) is 11.3 Å². The van der Waals surface area contributed by atoms with Gasteiger partial charge in [-0.05, 0) is 30.9 Å². The maximum absolute atomic E-state index is 12.2. The third-order valence-corrected chi connectivity index (χ3v) is 3.82. The van der Waals surface area contributed by atoms with Crippen molar-refractivity contribution in [1.29, 1.82) is 0 Å². The van der Waals surface area contributed by atoms with Gasteiger partial charge in [0.1, 0.15) is 0 Å². The molecule has 1 fully saturated rings. The van der Waals surface area contributed by atoms with Gasteiger partial charge in [0, 0.05) is 25.7 Å². The molecule has 3 nitrogen and oxygen atoms in total. The van der Waals surface area contributed by atoms with E-state index in [9.17, 15) is 4.79 Å². The third-order valence-electron chi connectivity index (χ3n) is 2.82. The number of rotatable bonds is 1. The predicted octanol–water partition coefficient (Wildman–Crippen LogP) is 1.49. The molecule has 0 aromatic carbocycles. The van der Waals surface area contributed by atoms with E-state index in [1.165, 1.54) is 0 Å². The molecule has 1 N–H and O–H groups in total. The van der Waals surface area contributed by atoms with Crippen LogP contribution in [0.15, 0.2) is 11.4 Å². The lowest BCUT2D eigenvalue weighted by Gasteiger charge is -2.33. The Labute approximate surface area is 94.1 Å². The second-order valence-electron chi connectivity index (χ2n) is 3.98. The van der Waals surface area contributed by atoms with Crippen molar-refractivity contribution in [1.82, 2.24) is 10.2 Å². The maximum atomic E-state index is 12.2. The van der Waals surface area contributed by atoms with Crippen LogP contribution in [0.25, 0.3) is 0 Å². The van der Waals surface area contributed by atoms with E-state index in [0.29, 0.717) is 6.04 Å². The number of nitrogens with one attached hydrogen (secondary N) is 1. The Morgan fingerprint density at radius 3 is 3.07 bits per heavy atom. The molecule has 0 spiro atoms. The third kappa shape index (κ3) is 2.06. The van der Waals surface area contributed by atoms with Gasteiger partial charge in [-0.3, -0.25) is 4.79 Å². The fourth-order valence-corrected chi connectivity index (χ4v) is 2.75. The highest BCUT2D eigenvalue weighted by Gasteiger charge is 2.25. The van der Waals surface area contributed by atoms with Crippen molar-refractivity contribution in [3.05, 3.63) is 21.9 Å². The Balaban J connectivity index is 2.17. The predicted molar refractivity (Wildman–Crippen MR) is 62.4 cm³/mol. The number of nitrogens with zero attached hydrogens (tertiary/aromatic N) is 1. The number of aryl methyl sites for hydroxylation is 1. The first-order valence-corrected chi connectivity index (χ1v) is 6.14. The quantitative estimate of drug-likeness (QED) is 0.784. The lowest BCUT2D eigenvalue weighted by molar-refractivity contribution is 0.0660. The van der Waals surface area contributed by atoms with E-state index >= 15 is 0 Å². The van der Waals surface area contributed by atoms with Crippen LogP contribution < -0.4 is 5.32 Å². The van der Waals surface area contributed by atoms with Crippen molar-refractivity contribution in [2.75, 3.05) is 19.6 Å². The zero-order chi connectivity index (χ0) is 10.8. The Bertz CT molecular complexity index is 361. The van der Waals surface area contributed by atoms with Crippen LogP contribution in [-0.4, -0.2) is 36.5 Å². The number of hydrogen-bond donors (Lipinski definition) is 1. The van der Waals surface area contributed by atoms with Crippen molar-refractivity contribution in [3.8, 4) is 0 Å². The van der Waals surface area contributed by atoms with Crippen molar-refractivity contribution in [2.45, 2.75) is 19.9 Å². The van der Waals surface area contributed by atoms with Crippen LogP contribution in [-0.2, 0) is 0 Å². The fourth-order valence-electron chi connectivity index (χ4n) is 1.87. The topological polar surface area (TPSA) is 32.3 Å². The highest BCUT2D eigenvalue weighted by molar-refractivity contribution is 7.12. The Hall–Kier alpha value is -0.870. The molecule has 0 saturated carbocycles. The van der Waals surface area contributed by atoms with Crippen LogP contribution in [0.2, 0.25) is 0 Å². The molecule has 1 aromatic heterocycles. The van der Waals surface area contributed by atoms with Gasteiger partial charge in [-0.2, -0.15) is 0 Å². The van der Waals surface area contributed by atoms with Gasteiger partial charge in [-0.25, -0.2) is 0 Å². The van der Waals surface area contributed by atoms with Crippen LogP contribution in [0, 0.1) is 6.92 Å². The first-order chi connectivity index (χ1) is 7.20. The van der Waals surface area contributed by atoms with Crippen LogP contribution in [0.5, 0.6) is 0 Å². The smallest absolute Gasteiger partial charge is 0.264 e. The SMILES string of the molecule is Cc1ccsc1C(=O)N1CCNCC1C. The summed E-state index contributed by atoms with van der Waals surface area (Å²) in [6.45, 7) is 6.71. The largest absolute Gasteiger partial charge is 0.333 e. The molecule has 1 amide bonds. The molecule has 0 radical (unpaired) electrons. The fraction of sp³-hybridized carbons (Fsp3) is 0.545. The maximum Gasteiger partial charge on any atom is 0.264 e. The molecule has 2 rings (SSSR count). The van der Waals surface area contributed by atoms with Crippen LogP contribution in [0.1, 0.15) is 22.2 Å². The Morgan fingerprint density at radius 2 is 2.47 bits per heavy atom. The number of hydrogen-bond acceptors (Lipinski definition) is 3. The summed E-state index contributed by atoms with van der Waals surface area (Å²) in [5.74, 6) is 0.191. The van der Waals surface area contributed by atoms with Gasteiger partial charge < -0.3 is 10.2 Å². The summed E-state index contributed by atoms with van der Waals surface area (Å²) in [7, 11) is 0. The van der Waals surface area contributed by atoms with E-state index < -0.39 is 0 Å². The van der Waals surface area contributed by atoms with E-state index in [2.05, 4.69) is 12.2 Å². The van der Waals surface area contributed by atoms with E-state index in [-0.39, 0.29) is 5.91 Å². The number of amides is 1. The minimum atomic E-state index is 0.191. The van der Waals surface area contributed by atoms with E-state index in [4.69, 9.17) is 0 Å². The molecule has 1 aliphatic rings. The molecule has 82 valence electrons. The highest BCUT2D eigenvalue weighted by Crippen LogP contribution is 2.19. The standard InChI is InChI=1S/C11H16N2OS/c1-8-3-6-15-10(8)11(14)13-5-4-12-7-9(13)2/h3,6,9,12H,4-5,7H2,1-2H3. The molecule has 1 saturated heterocycles. The number of piperazine rings is 1. The van der Waals surface area contributed by atoms with E-state index in [0.717, 1.165) is 30.1 Å². The second kappa shape index (κ2) is 4.33. The zero-order valence-electron chi connectivity index (χ0n) is 9.12. The molecule has 4 heteroatoms.